The Bertz CT molecular complexity index is 433. The lowest BCUT2D eigenvalue weighted by molar-refractivity contribution is -0.121. The van der Waals surface area contributed by atoms with Crippen molar-refractivity contribution in [2.75, 3.05) is 19.0 Å². The summed E-state index contributed by atoms with van der Waals surface area (Å²) >= 11 is 0. The second-order valence-electron chi connectivity index (χ2n) is 4.46. The van der Waals surface area contributed by atoms with Crippen molar-refractivity contribution >= 4 is 11.6 Å². The molecule has 1 aromatic rings. The summed E-state index contributed by atoms with van der Waals surface area (Å²) in [5.74, 6) is -0.565. The third-order valence-corrected chi connectivity index (χ3v) is 2.60. The van der Waals surface area contributed by atoms with Crippen LogP contribution in [-0.4, -0.2) is 25.1 Å². The van der Waals surface area contributed by atoms with Crippen LogP contribution in [0.25, 0.3) is 0 Å². The standard InChI is InChI=1S/C13H19FN2O2/c1-5-15-13(2,3)12(17)16-9-6-7-11(18-4)10(14)8-9/h6-8,15H,5H2,1-4H3,(H,16,17). The number of hydrogen-bond donors (Lipinski definition) is 2. The number of hydrogen-bond acceptors (Lipinski definition) is 3. The first kappa shape index (κ1) is 14.4. The minimum absolute atomic E-state index is 0.152. The molecule has 0 saturated carbocycles. The molecular weight excluding hydrogens is 235 g/mol. The van der Waals surface area contributed by atoms with Gasteiger partial charge in [-0.25, -0.2) is 4.39 Å². The van der Waals surface area contributed by atoms with Crippen LogP contribution in [0.2, 0.25) is 0 Å². The first-order chi connectivity index (χ1) is 8.40. The van der Waals surface area contributed by atoms with Gasteiger partial charge in [0.1, 0.15) is 0 Å². The van der Waals surface area contributed by atoms with Crippen molar-refractivity contribution in [2.45, 2.75) is 26.3 Å². The van der Waals surface area contributed by atoms with Gasteiger partial charge in [-0.15, -0.1) is 0 Å². The van der Waals surface area contributed by atoms with Crippen molar-refractivity contribution in [3.8, 4) is 5.75 Å². The molecule has 0 unspecified atom stereocenters. The van der Waals surface area contributed by atoms with Crippen LogP contribution in [-0.2, 0) is 4.79 Å². The van der Waals surface area contributed by atoms with Gasteiger partial charge in [-0.05, 0) is 32.5 Å². The molecule has 0 fully saturated rings. The van der Waals surface area contributed by atoms with Crippen LogP contribution < -0.4 is 15.4 Å². The van der Waals surface area contributed by atoms with Gasteiger partial charge in [0.15, 0.2) is 11.6 Å². The first-order valence-corrected chi connectivity index (χ1v) is 5.80. The van der Waals surface area contributed by atoms with Crippen LogP contribution in [0.3, 0.4) is 0 Å². The Hall–Kier alpha value is -1.62. The molecule has 0 atom stereocenters. The lowest BCUT2D eigenvalue weighted by atomic mass is 10.0. The van der Waals surface area contributed by atoms with Crippen molar-refractivity contribution in [2.24, 2.45) is 0 Å². The monoisotopic (exact) mass is 254 g/mol. The summed E-state index contributed by atoms with van der Waals surface area (Å²) in [6.45, 7) is 6.14. The van der Waals surface area contributed by atoms with Crippen LogP contribution >= 0.6 is 0 Å². The van der Waals surface area contributed by atoms with E-state index in [0.717, 1.165) is 0 Å². The van der Waals surface area contributed by atoms with Gasteiger partial charge in [-0.3, -0.25) is 4.79 Å². The molecule has 0 heterocycles. The number of carbonyl (C=O) groups is 1. The fraction of sp³-hybridized carbons (Fsp3) is 0.462. The number of likely N-dealkylation sites (N-methyl/N-ethyl adjacent to an activating group) is 1. The van der Waals surface area contributed by atoms with Crippen LogP contribution in [0, 0.1) is 5.82 Å². The number of rotatable bonds is 5. The summed E-state index contributed by atoms with van der Waals surface area (Å²) in [5.41, 5.74) is -0.296. The van der Waals surface area contributed by atoms with Crippen molar-refractivity contribution < 1.29 is 13.9 Å². The first-order valence-electron chi connectivity index (χ1n) is 5.80. The Morgan fingerprint density at radius 3 is 2.61 bits per heavy atom. The quantitative estimate of drug-likeness (QED) is 0.846. The molecule has 18 heavy (non-hydrogen) atoms. The molecule has 0 aliphatic rings. The molecule has 4 nitrogen and oxygen atoms in total. The second-order valence-corrected chi connectivity index (χ2v) is 4.46. The smallest absolute Gasteiger partial charge is 0.244 e. The van der Waals surface area contributed by atoms with Gasteiger partial charge in [-0.2, -0.15) is 0 Å². The minimum Gasteiger partial charge on any atom is -0.494 e. The molecule has 1 amide bonds. The Balaban J connectivity index is 2.79. The summed E-state index contributed by atoms with van der Waals surface area (Å²) in [4.78, 5) is 12.0. The zero-order valence-electron chi connectivity index (χ0n) is 11.1. The summed E-state index contributed by atoms with van der Waals surface area (Å²) in [7, 11) is 1.39. The fourth-order valence-electron chi connectivity index (χ4n) is 1.55. The molecule has 2 N–H and O–H groups in total. The molecule has 1 aromatic carbocycles. The van der Waals surface area contributed by atoms with Gasteiger partial charge in [-0.1, -0.05) is 6.92 Å². The van der Waals surface area contributed by atoms with Crippen molar-refractivity contribution in [3.63, 3.8) is 0 Å². The number of amides is 1. The average molecular weight is 254 g/mol. The molecule has 0 saturated heterocycles. The number of benzene rings is 1. The highest BCUT2D eigenvalue weighted by Gasteiger charge is 2.26. The maximum atomic E-state index is 13.5. The molecule has 0 aliphatic heterocycles. The second kappa shape index (κ2) is 5.82. The summed E-state index contributed by atoms with van der Waals surface area (Å²) < 4.78 is 18.3. The highest BCUT2D eigenvalue weighted by molar-refractivity contribution is 5.97. The number of anilines is 1. The lowest BCUT2D eigenvalue weighted by Crippen LogP contribution is -2.49. The van der Waals surface area contributed by atoms with E-state index >= 15 is 0 Å². The van der Waals surface area contributed by atoms with E-state index in [1.54, 1.807) is 19.9 Å². The minimum atomic E-state index is -0.703. The van der Waals surface area contributed by atoms with Crippen LogP contribution in [0.15, 0.2) is 18.2 Å². The van der Waals surface area contributed by atoms with Crippen molar-refractivity contribution in [1.82, 2.24) is 5.32 Å². The van der Waals surface area contributed by atoms with Crippen molar-refractivity contribution in [1.29, 1.82) is 0 Å². The van der Waals surface area contributed by atoms with E-state index in [4.69, 9.17) is 4.74 Å². The number of carbonyl (C=O) groups excluding carboxylic acids is 1. The molecule has 0 aliphatic carbocycles. The van der Waals surface area contributed by atoms with Gasteiger partial charge in [0.25, 0.3) is 0 Å². The topological polar surface area (TPSA) is 50.4 Å². The third-order valence-electron chi connectivity index (χ3n) is 2.60. The Labute approximate surface area is 107 Å². The Morgan fingerprint density at radius 1 is 1.44 bits per heavy atom. The summed E-state index contributed by atoms with van der Waals surface area (Å²) in [5, 5.41) is 5.71. The van der Waals surface area contributed by atoms with E-state index in [1.807, 2.05) is 6.92 Å². The molecule has 5 heteroatoms. The third kappa shape index (κ3) is 3.43. The predicted molar refractivity (Wildman–Crippen MR) is 69.3 cm³/mol. The van der Waals surface area contributed by atoms with Crippen LogP contribution in [0.1, 0.15) is 20.8 Å². The largest absolute Gasteiger partial charge is 0.494 e. The van der Waals surface area contributed by atoms with Gasteiger partial charge < -0.3 is 15.4 Å². The normalized spacial score (nSPS) is 11.2. The number of nitrogens with one attached hydrogen (secondary N) is 2. The zero-order valence-corrected chi connectivity index (χ0v) is 11.1. The zero-order chi connectivity index (χ0) is 13.8. The van der Waals surface area contributed by atoms with Crippen molar-refractivity contribution in [3.05, 3.63) is 24.0 Å². The van der Waals surface area contributed by atoms with Gasteiger partial charge in [0.2, 0.25) is 5.91 Å². The molecule has 100 valence electrons. The molecule has 1 rings (SSSR count). The summed E-state index contributed by atoms with van der Waals surface area (Å²) in [6.07, 6.45) is 0. The molecule has 0 radical (unpaired) electrons. The molecular formula is C13H19FN2O2. The SMILES string of the molecule is CCNC(C)(C)C(=O)Nc1ccc(OC)c(F)c1. The molecule has 0 spiro atoms. The maximum Gasteiger partial charge on any atom is 0.244 e. The van der Waals surface area contributed by atoms with Gasteiger partial charge >= 0.3 is 0 Å². The highest BCUT2D eigenvalue weighted by Crippen LogP contribution is 2.21. The fourth-order valence-corrected chi connectivity index (χ4v) is 1.55. The average Bonchev–Trinajstić information content (AvgIpc) is 2.29. The predicted octanol–water partition coefficient (Wildman–Crippen LogP) is 2.16. The van der Waals surface area contributed by atoms with E-state index in [1.165, 1.54) is 19.2 Å². The number of halogens is 1. The van der Waals surface area contributed by atoms with Crippen LogP contribution in [0.5, 0.6) is 5.75 Å². The van der Waals surface area contributed by atoms with E-state index in [2.05, 4.69) is 10.6 Å². The molecule has 0 aromatic heterocycles. The van der Waals surface area contributed by atoms with E-state index in [-0.39, 0.29) is 11.7 Å². The lowest BCUT2D eigenvalue weighted by Gasteiger charge is -2.24. The van der Waals surface area contributed by atoms with E-state index < -0.39 is 11.4 Å². The number of ether oxygens (including phenoxy) is 1. The Morgan fingerprint density at radius 2 is 2.11 bits per heavy atom. The van der Waals surface area contributed by atoms with E-state index in [0.29, 0.717) is 12.2 Å². The van der Waals surface area contributed by atoms with Crippen LogP contribution in [0.4, 0.5) is 10.1 Å². The van der Waals surface area contributed by atoms with E-state index in [9.17, 15) is 9.18 Å². The number of methoxy groups -OCH3 is 1. The summed E-state index contributed by atoms with van der Waals surface area (Å²) in [6, 6.07) is 4.31. The molecule has 0 bridgehead atoms. The van der Waals surface area contributed by atoms with Gasteiger partial charge in [0.05, 0.1) is 12.6 Å². The Kier molecular flexibility index (Phi) is 4.67. The highest BCUT2D eigenvalue weighted by atomic mass is 19.1. The maximum absolute atomic E-state index is 13.5. The van der Waals surface area contributed by atoms with Gasteiger partial charge in [0, 0.05) is 11.8 Å².